The quantitative estimate of drug-likeness (QED) is 0.580. The highest BCUT2D eigenvalue weighted by atomic mass is 19.1. The van der Waals surface area contributed by atoms with E-state index in [0.29, 0.717) is 22.7 Å². The fraction of sp³-hybridized carbons (Fsp3) is 0.0952. The van der Waals surface area contributed by atoms with E-state index in [4.69, 9.17) is 4.52 Å². The minimum Gasteiger partial charge on any atom is -0.356 e. The number of benzene rings is 2. The predicted octanol–water partition coefficient (Wildman–Crippen LogP) is 4.52. The topological polar surface area (TPSA) is 68.0 Å². The van der Waals surface area contributed by atoms with Crippen LogP contribution < -0.4 is 5.32 Å². The Labute approximate surface area is 154 Å². The van der Waals surface area contributed by atoms with Gasteiger partial charge in [-0.25, -0.2) is 4.39 Å². The minimum atomic E-state index is -0.322. The van der Waals surface area contributed by atoms with Gasteiger partial charge in [0.15, 0.2) is 5.76 Å². The third-order valence-corrected chi connectivity index (χ3v) is 4.15. The summed E-state index contributed by atoms with van der Waals surface area (Å²) in [6, 6.07) is 17.1. The van der Waals surface area contributed by atoms with E-state index in [9.17, 15) is 9.18 Å². The zero-order chi connectivity index (χ0) is 18.8. The number of nitrogens with one attached hydrogen (secondary N) is 1. The van der Waals surface area contributed by atoms with Crippen LogP contribution in [0.5, 0.6) is 0 Å². The van der Waals surface area contributed by atoms with Crippen molar-refractivity contribution in [2.45, 2.75) is 13.3 Å². The Bertz CT molecular complexity index is 1120. The van der Waals surface area contributed by atoms with Crippen LogP contribution in [0.15, 0.2) is 65.2 Å². The molecule has 0 fully saturated rings. The van der Waals surface area contributed by atoms with Crippen molar-refractivity contribution in [2.24, 2.45) is 0 Å². The molecule has 0 saturated carbocycles. The van der Waals surface area contributed by atoms with Gasteiger partial charge in [0, 0.05) is 22.7 Å². The van der Waals surface area contributed by atoms with E-state index < -0.39 is 0 Å². The molecule has 0 spiro atoms. The van der Waals surface area contributed by atoms with E-state index in [2.05, 4.69) is 15.5 Å². The van der Waals surface area contributed by atoms with Gasteiger partial charge in [-0.3, -0.25) is 9.78 Å². The Morgan fingerprint density at radius 1 is 1.11 bits per heavy atom. The zero-order valence-electron chi connectivity index (χ0n) is 14.6. The van der Waals surface area contributed by atoms with Crippen LogP contribution in [-0.2, 0) is 11.2 Å². The fourth-order valence-electron chi connectivity index (χ4n) is 2.92. The van der Waals surface area contributed by atoms with E-state index in [1.807, 2.05) is 37.3 Å². The number of halogens is 1. The maximum Gasteiger partial charge on any atom is 0.230 e. The van der Waals surface area contributed by atoms with Crippen molar-refractivity contribution in [3.05, 3.63) is 77.9 Å². The van der Waals surface area contributed by atoms with Gasteiger partial charge in [0.25, 0.3) is 0 Å². The second-order valence-electron chi connectivity index (χ2n) is 6.24. The highest BCUT2D eigenvalue weighted by molar-refractivity contribution is 6.01. The first-order valence-corrected chi connectivity index (χ1v) is 8.46. The van der Waals surface area contributed by atoms with E-state index in [1.165, 1.54) is 12.1 Å². The summed E-state index contributed by atoms with van der Waals surface area (Å²) in [5.74, 6) is -0.0366. The van der Waals surface area contributed by atoms with Gasteiger partial charge in [0.1, 0.15) is 5.82 Å². The molecule has 0 aliphatic carbocycles. The SMILES string of the molecule is Cc1cc(NC(=O)Cc2cc(-c3ccc(F)cc3)on2)c2ccccc2n1. The summed E-state index contributed by atoms with van der Waals surface area (Å²) in [6.07, 6.45) is 0.0698. The van der Waals surface area contributed by atoms with Gasteiger partial charge in [-0.15, -0.1) is 0 Å². The van der Waals surface area contributed by atoms with Gasteiger partial charge in [-0.1, -0.05) is 23.4 Å². The molecule has 1 amide bonds. The van der Waals surface area contributed by atoms with Crippen LogP contribution in [0.2, 0.25) is 0 Å². The molecule has 0 aliphatic rings. The lowest BCUT2D eigenvalue weighted by molar-refractivity contribution is -0.115. The summed E-state index contributed by atoms with van der Waals surface area (Å²) >= 11 is 0. The number of anilines is 1. The van der Waals surface area contributed by atoms with Crippen molar-refractivity contribution in [1.82, 2.24) is 10.1 Å². The second kappa shape index (κ2) is 6.99. The molecular formula is C21H16FN3O2. The van der Waals surface area contributed by atoms with Gasteiger partial charge in [0.2, 0.25) is 5.91 Å². The normalized spacial score (nSPS) is 10.9. The molecule has 0 bridgehead atoms. The third kappa shape index (κ3) is 3.69. The van der Waals surface area contributed by atoms with Crippen LogP contribution in [0, 0.1) is 12.7 Å². The van der Waals surface area contributed by atoms with Gasteiger partial charge >= 0.3 is 0 Å². The van der Waals surface area contributed by atoms with E-state index in [-0.39, 0.29) is 18.1 Å². The Hall–Kier alpha value is -3.54. The van der Waals surface area contributed by atoms with Crippen molar-refractivity contribution in [3.63, 3.8) is 0 Å². The predicted molar refractivity (Wildman–Crippen MR) is 101 cm³/mol. The Balaban J connectivity index is 1.51. The minimum absolute atomic E-state index is 0.0698. The smallest absolute Gasteiger partial charge is 0.230 e. The summed E-state index contributed by atoms with van der Waals surface area (Å²) in [4.78, 5) is 16.9. The zero-order valence-corrected chi connectivity index (χ0v) is 14.6. The number of carbonyl (C=O) groups excluding carboxylic acids is 1. The molecule has 0 aliphatic heterocycles. The lowest BCUT2D eigenvalue weighted by Crippen LogP contribution is -2.15. The van der Waals surface area contributed by atoms with Crippen LogP contribution >= 0.6 is 0 Å². The standard InChI is InChI=1S/C21H16FN3O2/c1-13-10-19(17-4-2-3-5-18(17)23-13)24-21(26)12-16-11-20(27-25-16)14-6-8-15(22)9-7-14/h2-11H,12H2,1H3,(H,23,24,26). The number of fused-ring (bicyclic) bond motifs is 1. The molecule has 27 heavy (non-hydrogen) atoms. The monoisotopic (exact) mass is 361 g/mol. The van der Waals surface area contributed by atoms with Crippen molar-refractivity contribution in [1.29, 1.82) is 0 Å². The number of rotatable bonds is 4. The van der Waals surface area contributed by atoms with Crippen molar-refractivity contribution < 1.29 is 13.7 Å². The van der Waals surface area contributed by atoms with Crippen LogP contribution in [0.1, 0.15) is 11.4 Å². The first-order valence-electron chi connectivity index (χ1n) is 8.46. The molecule has 2 aromatic carbocycles. The molecule has 1 N–H and O–H groups in total. The Kier molecular flexibility index (Phi) is 4.38. The summed E-state index contributed by atoms with van der Waals surface area (Å²) < 4.78 is 18.3. The maximum atomic E-state index is 13.0. The number of carbonyl (C=O) groups is 1. The maximum absolute atomic E-state index is 13.0. The van der Waals surface area contributed by atoms with E-state index >= 15 is 0 Å². The average molecular weight is 361 g/mol. The molecule has 0 unspecified atom stereocenters. The molecule has 5 nitrogen and oxygen atoms in total. The summed E-state index contributed by atoms with van der Waals surface area (Å²) in [5, 5.41) is 7.73. The van der Waals surface area contributed by atoms with Gasteiger partial charge in [-0.05, 0) is 43.3 Å². The number of aromatic nitrogens is 2. The number of amides is 1. The molecule has 0 atom stereocenters. The van der Waals surface area contributed by atoms with Crippen LogP contribution in [-0.4, -0.2) is 16.0 Å². The van der Waals surface area contributed by atoms with Crippen LogP contribution in [0.3, 0.4) is 0 Å². The van der Waals surface area contributed by atoms with Gasteiger partial charge < -0.3 is 9.84 Å². The summed E-state index contributed by atoms with van der Waals surface area (Å²) in [6.45, 7) is 1.88. The fourth-order valence-corrected chi connectivity index (χ4v) is 2.92. The number of para-hydroxylation sites is 1. The number of hydrogen-bond donors (Lipinski definition) is 1. The van der Waals surface area contributed by atoms with Crippen molar-refractivity contribution in [3.8, 4) is 11.3 Å². The lowest BCUT2D eigenvalue weighted by Gasteiger charge is -2.09. The second-order valence-corrected chi connectivity index (χ2v) is 6.24. The van der Waals surface area contributed by atoms with E-state index in [1.54, 1.807) is 18.2 Å². The first-order chi connectivity index (χ1) is 13.1. The van der Waals surface area contributed by atoms with Crippen molar-refractivity contribution >= 4 is 22.5 Å². The molecule has 4 aromatic rings. The molecular weight excluding hydrogens is 345 g/mol. The van der Waals surface area contributed by atoms with Crippen molar-refractivity contribution in [2.75, 3.05) is 5.32 Å². The van der Waals surface area contributed by atoms with Crippen LogP contribution in [0.25, 0.3) is 22.2 Å². The molecule has 6 heteroatoms. The number of aryl methyl sites for hydroxylation is 1. The highest BCUT2D eigenvalue weighted by Gasteiger charge is 2.13. The van der Waals surface area contributed by atoms with E-state index in [0.717, 1.165) is 16.6 Å². The molecule has 4 rings (SSSR count). The number of hydrogen-bond acceptors (Lipinski definition) is 4. The number of pyridine rings is 1. The molecule has 0 radical (unpaired) electrons. The molecule has 134 valence electrons. The molecule has 2 aromatic heterocycles. The third-order valence-electron chi connectivity index (χ3n) is 4.15. The largest absolute Gasteiger partial charge is 0.356 e. The highest BCUT2D eigenvalue weighted by Crippen LogP contribution is 2.24. The first kappa shape index (κ1) is 16.9. The van der Waals surface area contributed by atoms with Crippen LogP contribution in [0.4, 0.5) is 10.1 Å². The molecule has 0 saturated heterocycles. The summed E-state index contributed by atoms with van der Waals surface area (Å²) in [7, 11) is 0. The average Bonchev–Trinajstić information content (AvgIpc) is 3.10. The Morgan fingerprint density at radius 2 is 1.89 bits per heavy atom. The lowest BCUT2D eigenvalue weighted by atomic mass is 10.1. The van der Waals surface area contributed by atoms with Gasteiger partial charge in [0.05, 0.1) is 23.3 Å². The van der Waals surface area contributed by atoms with Gasteiger partial charge in [-0.2, -0.15) is 0 Å². The molecule has 2 heterocycles. The summed E-state index contributed by atoms with van der Waals surface area (Å²) in [5.41, 5.74) is 3.57. The number of nitrogens with zero attached hydrogens (tertiary/aromatic N) is 2. The Morgan fingerprint density at radius 3 is 2.70 bits per heavy atom.